The maximum absolute atomic E-state index is 12.0. The Bertz CT molecular complexity index is 467. The van der Waals surface area contributed by atoms with E-state index in [9.17, 15) is 13.2 Å². The van der Waals surface area contributed by atoms with Gasteiger partial charge in [-0.3, -0.25) is 0 Å². The summed E-state index contributed by atoms with van der Waals surface area (Å²) in [7, 11) is 0. The Hall–Kier alpha value is -1.56. The van der Waals surface area contributed by atoms with Crippen LogP contribution in [0.3, 0.4) is 0 Å². The van der Waals surface area contributed by atoms with Gasteiger partial charge in [0.15, 0.2) is 0 Å². The van der Waals surface area contributed by atoms with E-state index >= 15 is 0 Å². The minimum absolute atomic E-state index is 0.236. The van der Waals surface area contributed by atoms with Crippen LogP contribution in [0.15, 0.2) is 35.8 Å². The topological polar surface area (TPSA) is 22.1 Å². The molecule has 0 spiro atoms. The molecule has 0 unspecified atom stereocenters. The lowest BCUT2D eigenvalue weighted by molar-refractivity contribution is -0.274. The molecule has 1 aromatic carbocycles. The number of hydrogen-bond acceptors (Lipinski definition) is 3. The van der Waals surface area contributed by atoms with E-state index in [0.29, 0.717) is 10.6 Å². The number of thiazole rings is 1. The molecular formula is C10H6F3NOS. The molecule has 0 atom stereocenters. The van der Waals surface area contributed by atoms with Crippen LogP contribution in [0.1, 0.15) is 0 Å². The molecule has 0 saturated carbocycles. The van der Waals surface area contributed by atoms with E-state index in [4.69, 9.17) is 0 Å². The van der Waals surface area contributed by atoms with Gasteiger partial charge in [-0.2, -0.15) is 0 Å². The third kappa shape index (κ3) is 2.73. The van der Waals surface area contributed by atoms with Gasteiger partial charge in [-0.25, -0.2) is 4.98 Å². The molecule has 0 aliphatic carbocycles. The number of rotatable bonds is 2. The number of nitrogens with zero attached hydrogens (tertiary/aromatic N) is 1. The average molecular weight is 245 g/mol. The third-order valence-corrected chi connectivity index (χ3v) is 2.57. The quantitative estimate of drug-likeness (QED) is 0.804. The summed E-state index contributed by atoms with van der Waals surface area (Å²) in [5, 5.41) is 2.42. The average Bonchev–Trinajstić information content (AvgIpc) is 2.68. The van der Waals surface area contributed by atoms with Gasteiger partial charge in [0, 0.05) is 17.1 Å². The van der Waals surface area contributed by atoms with Crippen molar-refractivity contribution in [3.05, 3.63) is 35.8 Å². The Kier molecular flexibility index (Phi) is 2.82. The Morgan fingerprint density at radius 1 is 1.25 bits per heavy atom. The molecule has 0 saturated heterocycles. The van der Waals surface area contributed by atoms with Crippen LogP contribution in [0.25, 0.3) is 10.6 Å². The minimum atomic E-state index is -4.67. The van der Waals surface area contributed by atoms with Gasteiger partial charge in [0.05, 0.1) is 0 Å². The molecule has 1 heterocycles. The standard InChI is InChI=1S/C10H6F3NOS/c11-10(12,13)15-8-3-1-2-7(6-8)9-14-4-5-16-9/h1-6H. The summed E-state index contributed by atoms with van der Waals surface area (Å²) in [4.78, 5) is 4.01. The number of ether oxygens (including phenoxy) is 1. The molecule has 2 nitrogen and oxygen atoms in total. The highest BCUT2D eigenvalue weighted by molar-refractivity contribution is 7.13. The predicted octanol–water partition coefficient (Wildman–Crippen LogP) is 3.71. The number of hydrogen-bond donors (Lipinski definition) is 0. The van der Waals surface area contributed by atoms with Crippen molar-refractivity contribution in [1.82, 2.24) is 4.98 Å². The molecule has 2 rings (SSSR count). The van der Waals surface area contributed by atoms with Crippen LogP contribution < -0.4 is 4.74 Å². The Labute approximate surface area is 93.3 Å². The smallest absolute Gasteiger partial charge is 0.406 e. The van der Waals surface area contributed by atoms with Crippen LogP contribution in [-0.4, -0.2) is 11.3 Å². The lowest BCUT2D eigenvalue weighted by Gasteiger charge is -2.09. The van der Waals surface area contributed by atoms with Gasteiger partial charge >= 0.3 is 6.36 Å². The van der Waals surface area contributed by atoms with Gasteiger partial charge in [-0.05, 0) is 12.1 Å². The molecule has 0 aliphatic rings. The maximum Gasteiger partial charge on any atom is 0.573 e. The SMILES string of the molecule is FC(F)(F)Oc1cccc(-c2nccs2)c1. The van der Waals surface area contributed by atoms with Crippen LogP contribution in [-0.2, 0) is 0 Å². The van der Waals surface area contributed by atoms with Crippen LogP contribution in [0, 0.1) is 0 Å². The van der Waals surface area contributed by atoms with E-state index in [-0.39, 0.29) is 5.75 Å². The van der Waals surface area contributed by atoms with Crippen molar-refractivity contribution < 1.29 is 17.9 Å². The van der Waals surface area contributed by atoms with Gasteiger partial charge in [-0.1, -0.05) is 12.1 Å². The number of halogens is 3. The summed E-state index contributed by atoms with van der Waals surface area (Å²) in [6, 6.07) is 5.75. The van der Waals surface area contributed by atoms with Gasteiger partial charge in [0.25, 0.3) is 0 Å². The van der Waals surface area contributed by atoms with E-state index in [1.54, 1.807) is 17.6 Å². The monoisotopic (exact) mass is 245 g/mol. The van der Waals surface area contributed by atoms with Crippen LogP contribution in [0.5, 0.6) is 5.75 Å². The van der Waals surface area contributed by atoms with Crippen molar-refractivity contribution in [2.45, 2.75) is 6.36 Å². The fourth-order valence-electron chi connectivity index (χ4n) is 1.19. The molecule has 84 valence electrons. The zero-order chi connectivity index (χ0) is 11.6. The summed E-state index contributed by atoms with van der Waals surface area (Å²) in [6.07, 6.45) is -3.07. The number of benzene rings is 1. The van der Waals surface area contributed by atoms with Crippen LogP contribution in [0.4, 0.5) is 13.2 Å². The zero-order valence-electron chi connectivity index (χ0n) is 7.86. The van der Waals surface area contributed by atoms with Crippen molar-refractivity contribution in [2.75, 3.05) is 0 Å². The number of aromatic nitrogens is 1. The maximum atomic E-state index is 12.0. The first kappa shape index (κ1) is 10.9. The highest BCUT2D eigenvalue weighted by Crippen LogP contribution is 2.28. The van der Waals surface area contributed by atoms with Gasteiger partial charge in [-0.15, -0.1) is 24.5 Å². The van der Waals surface area contributed by atoms with Gasteiger partial charge < -0.3 is 4.74 Å². The minimum Gasteiger partial charge on any atom is -0.406 e. The van der Waals surface area contributed by atoms with E-state index in [0.717, 1.165) is 0 Å². The zero-order valence-corrected chi connectivity index (χ0v) is 8.68. The van der Waals surface area contributed by atoms with E-state index in [1.807, 2.05) is 0 Å². The second-order valence-electron chi connectivity index (χ2n) is 2.91. The first-order valence-corrected chi connectivity index (χ1v) is 5.18. The highest BCUT2D eigenvalue weighted by atomic mass is 32.1. The van der Waals surface area contributed by atoms with Gasteiger partial charge in [0.1, 0.15) is 10.8 Å². The summed E-state index contributed by atoms with van der Waals surface area (Å²) in [6.45, 7) is 0. The van der Waals surface area contributed by atoms with Crippen molar-refractivity contribution in [1.29, 1.82) is 0 Å². The molecule has 0 amide bonds. The summed E-state index contributed by atoms with van der Waals surface area (Å²) < 4.78 is 39.8. The lowest BCUT2D eigenvalue weighted by Crippen LogP contribution is -2.17. The van der Waals surface area contributed by atoms with Gasteiger partial charge in [0.2, 0.25) is 0 Å². The van der Waals surface area contributed by atoms with Crippen LogP contribution in [0.2, 0.25) is 0 Å². The molecule has 0 N–H and O–H groups in total. The molecule has 1 aromatic heterocycles. The Balaban J connectivity index is 2.27. The summed E-state index contributed by atoms with van der Waals surface area (Å²) in [5.41, 5.74) is 0.608. The first-order chi connectivity index (χ1) is 7.54. The molecule has 0 bridgehead atoms. The third-order valence-electron chi connectivity index (χ3n) is 1.75. The van der Waals surface area contributed by atoms with E-state index in [2.05, 4.69) is 9.72 Å². The summed E-state index contributed by atoms with van der Waals surface area (Å²) in [5.74, 6) is -0.236. The van der Waals surface area contributed by atoms with Crippen molar-refractivity contribution in [2.24, 2.45) is 0 Å². The largest absolute Gasteiger partial charge is 0.573 e. The second kappa shape index (κ2) is 4.13. The Morgan fingerprint density at radius 3 is 2.69 bits per heavy atom. The molecule has 0 fully saturated rings. The summed E-state index contributed by atoms with van der Waals surface area (Å²) >= 11 is 1.35. The van der Waals surface area contributed by atoms with Crippen molar-refractivity contribution in [3.63, 3.8) is 0 Å². The molecule has 0 aliphatic heterocycles. The lowest BCUT2D eigenvalue weighted by atomic mass is 10.2. The first-order valence-electron chi connectivity index (χ1n) is 4.30. The Morgan fingerprint density at radius 2 is 2.06 bits per heavy atom. The second-order valence-corrected chi connectivity index (χ2v) is 3.81. The van der Waals surface area contributed by atoms with E-state index < -0.39 is 6.36 Å². The number of alkyl halides is 3. The molecule has 6 heteroatoms. The molecular weight excluding hydrogens is 239 g/mol. The van der Waals surface area contributed by atoms with Crippen molar-refractivity contribution >= 4 is 11.3 Å². The molecule has 16 heavy (non-hydrogen) atoms. The normalized spacial score (nSPS) is 11.4. The predicted molar refractivity (Wildman–Crippen MR) is 54.2 cm³/mol. The fourth-order valence-corrected chi connectivity index (χ4v) is 1.83. The van der Waals surface area contributed by atoms with E-state index in [1.165, 1.54) is 29.5 Å². The fraction of sp³-hybridized carbons (Fsp3) is 0.100. The van der Waals surface area contributed by atoms with Crippen LogP contribution >= 0.6 is 11.3 Å². The molecule has 2 aromatic rings. The molecule has 0 radical (unpaired) electrons. The van der Waals surface area contributed by atoms with Crippen molar-refractivity contribution in [3.8, 4) is 16.3 Å². The highest BCUT2D eigenvalue weighted by Gasteiger charge is 2.31.